The second kappa shape index (κ2) is 6.24. The molecule has 1 amide bonds. The Bertz CT molecular complexity index is 670. The first-order valence-electron chi connectivity index (χ1n) is 9.69. The second-order valence-corrected chi connectivity index (χ2v) is 8.68. The molecule has 1 spiro atoms. The van der Waals surface area contributed by atoms with Crippen molar-refractivity contribution in [2.75, 3.05) is 26.8 Å². The Morgan fingerprint density at radius 3 is 2.35 bits per heavy atom. The average Bonchev–Trinajstić information content (AvgIpc) is 2.96. The van der Waals surface area contributed by atoms with Crippen LogP contribution in [0.15, 0.2) is 24.3 Å². The normalized spacial score (nSPS) is 29.4. The number of ether oxygens (including phenoxy) is 2. The number of benzene rings is 1. The van der Waals surface area contributed by atoms with E-state index in [4.69, 9.17) is 9.47 Å². The van der Waals surface area contributed by atoms with Gasteiger partial charge in [-0.15, -0.1) is 0 Å². The Balaban J connectivity index is 1.54. The minimum Gasteiger partial charge on any atom is -0.497 e. The number of carbonyl (C=O) groups is 1. The molecule has 26 heavy (non-hydrogen) atoms. The van der Waals surface area contributed by atoms with Crippen molar-refractivity contribution in [2.45, 2.75) is 62.1 Å². The Labute approximate surface area is 155 Å². The number of rotatable bonds is 3. The summed E-state index contributed by atoms with van der Waals surface area (Å²) in [6, 6.07) is 8.00. The molecule has 1 aromatic carbocycles. The molecule has 2 aliphatic heterocycles. The number of likely N-dealkylation sites (tertiary alicyclic amines) is 1. The highest BCUT2D eigenvalue weighted by Gasteiger charge is 2.57. The third kappa shape index (κ3) is 2.91. The zero-order valence-electron chi connectivity index (χ0n) is 15.8. The number of nitrogens with zero attached hydrogens (tertiary/aromatic N) is 1. The van der Waals surface area contributed by atoms with Crippen LogP contribution in [0.4, 0.5) is 0 Å². The van der Waals surface area contributed by atoms with Crippen molar-refractivity contribution in [2.24, 2.45) is 0 Å². The first-order chi connectivity index (χ1) is 12.4. The molecule has 1 saturated carbocycles. The van der Waals surface area contributed by atoms with Crippen LogP contribution in [0, 0.1) is 0 Å². The highest BCUT2D eigenvalue weighted by molar-refractivity contribution is 5.89. The van der Waals surface area contributed by atoms with Crippen LogP contribution in [-0.4, -0.2) is 53.9 Å². The summed E-state index contributed by atoms with van der Waals surface area (Å²) >= 11 is 0. The number of carbonyl (C=O) groups excluding carboxylic acids is 1. The molecule has 0 bridgehead atoms. The summed E-state index contributed by atoms with van der Waals surface area (Å²) in [6.45, 7) is 3.37. The molecular formula is C21H29NO4. The van der Waals surface area contributed by atoms with E-state index in [1.165, 1.54) is 6.42 Å². The Morgan fingerprint density at radius 1 is 1.15 bits per heavy atom. The number of hydrogen-bond donors (Lipinski definition) is 1. The van der Waals surface area contributed by atoms with E-state index in [9.17, 15) is 9.90 Å². The monoisotopic (exact) mass is 359 g/mol. The molecule has 5 heteroatoms. The van der Waals surface area contributed by atoms with Gasteiger partial charge in [0.2, 0.25) is 5.91 Å². The number of aliphatic hydroxyl groups is 1. The molecule has 5 nitrogen and oxygen atoms in total. The quantitative estimate of drug-likeness (QED) is 0.901. The maximum atomic E-state index is 13.5. The lowest BCUT2D eigenvalue weighted by Crippen LogP contribution is -2.66. The van der Waals surface area contributed by atoms with E-state index in [-0.39, 0.29) is 11.5 Å². The van der Waals surface area contributed by atoms with Crippen molar-refractivity contribution in [3.63, 3.8) is 0 Å². The Hall–Kier alpha value is -1.59. The Morgan fingerprint density at radius 2 is 1.81 bits per heavy atom. The second-order valence-electron chi connectivity index (χ2n) is 8.68. The van der Waals surface area contributed by atoms with Crippen molar-refractivity contribution in [3.05, 3.63) is 29.8 Å². The van der Waals surface area contributed by atoms with E-state index in [2.05, 4.69) is 12.1 Å². The molecule has 0 aromatic heterocycles. The molecule has 4 rings (SSSR count). The van der Waals surface area contributed by atoms with Gasteiger partial charge in [-0.3, -0.25) is 4.79 Å². The number of amides is 1. The van der Waals surface area contributed by atoms with Crippen molar-refractivity contribution in [1.82, 2.24) is 4.90 Å². The average molecular weight is 359 g/mol. The molecule has 2 heterocycles. The molecule has 3 fully saturated rings. The van der Waals surface area contributed by atoms with Crippen LogP contribution >= 0.6 is 0 Å². The van der Waals surface area contributed by atoms with Crippen LogP contribution in [0.3, 0.4) is 0 Å². The smallest absolute Gasteiger partial charge is 0.233 e. The van der Waals surface area contributed by atoms with Crippen molar-refractivity contribution < 1.29 is 19.4 Å². The molecule has 0 radical (unpaired) electrons. The van der Waals surface area contributed by atoms with Gasteiger partial charge in [-0.25, -0.2) is 0 Å². The van der Waals surface area contributed by atoms with Gasteiger partial charge in [0.15, 0.2) is 0 Å². The summed E-state index contributed by atoms with van der Waals surface area (Å²) in [6.07, 6.45) is 5.78. The van der Waals surface area contributed by atoms with Gasteiger partial charge in [-0.2, -0.15) is 0 Å². The number of hydrogen-bond acceptors (Lipinski definition) is 4. The van der Waals surface area contributed by atoms with Gasteiger partial charge < -0.3 is 19.5 Å². The SMILES string of the molecule is COc1ccc(C2(C(=O)N3CC4(C3)CC(C)(O)CO4)CCCCC2)cc1. The van der Waals surface area contributed by atoms with Crippen LogP contribution in [0.5, 0.6) is 5.75 Å². The van der Waals surface area contributed by atoms with Gasteiger partial charge in [0.05, 0.1) is 37.8 Å². The number of methoxy groups -OCH3 is 1. The summed E-state index contributed by atoms with van der Waals surface area (Å²) in [4.78, 5) is 15.5. The van der Waals surface area contributed by atoms with E-state index in [1.54, 1.807) is 7.11 Å². The lowest BCUT2D eigenvalue weighted by atomic mass is 9.67. The van der Waals surface area contributed by atoms with Gasteiger partial charge >= 0.3 is 0 Å². The van der Waals surface area contributed by atoms with E-state index >= 15 is 0 Å². The highest BCUT2D eigenvalue weighted by atomic mass is 16.5. The fourth-order valence-electron chi connectivity index (χ4n) is 5.09. The maximum absolute atomic E-state index is 13.5. The molecular weight excluding hydrogens is 330 g/mol. The molecule has 142 valence electrons. The summed E-state index contributed by atoms with van der Waals surface area (Å²) < 4.78 is 11.1. The first kappa shape index (κ1) is 17.8. The van der Waals surface area contributed by atoms with Gasteiger partial charge in [0, 0.05) is 6.42 Å². The maximum Gasteiger partial charge on any atom is 0.233 e. The van der Waals surface area contributed by atoms with E-state index in [0.29, 0.717) is 26.1 Å². The largest absolute Gasteiger partial charge is 0.497 e. The third-order valence-corrected chi connectivity index (χ3v) is 6.40. The predicted molar refractivity (Wildman–Crippen MR) is 98.3 cm³/mol. The highest BCUT2D eigenvalue weighted by Crippen LogP contribution is 2.46. The van der Waals surface area contributed by atoms with Crippen LogP contribution in [0.2, 0.25) is 0 Å². The molecule has 1 atom stereocenters. The topological polar surface area (TPSA) is 59.0 Å². The van der Waals surface area contributed by atoms with Gasteiger partial charge in [0.25, 0.3) is 0 Å². The van der Waals surface area contributed by atoms with Gasteiger partial charge in [-0.1, -0.05) is 31.4 Å². The minimum atomic E-state index is -0.770. The van der Waals surface area contributed by atoms with Crippen molar-refractivity contribution >= 4 is 5.91 Å². The van der Waals surface area contributed by atoms with Gasteiger partial charge in [0.1, 0.15) is 11.4 Å². The van der Waals surface area contributed by atoms with Crippen LogP contribution in [0.1, 0.15) is 51.0 Å². The molecule has 1 aliphatic carbocycles. The third-order valence-electron chi connectivity index (χ3n) is 6.40. The fraction of sp³-hybridized carbons (Fsp3) is 0.667. The zero-order chi connectivity index (χ0) is 18.4. The Kier molecular flexibility index (Phi) is 4.27. The van der Waals surface area contributed by atoms with E-state index in [0.717, 1.165) is 37.0 Å². The lowest BCUT2D eigenvalue weighted by molar-refractivity contribution is -0.165. The van der Waals surface area contributed by atoms with Crippen molar-refractivity contribution in [1.29, 1.82) is 0 Å². The fourth-order valence-corrected chi connectivity index (χ4v) is 5.09. The summed E-state index contributed by atoms with van der Waals surface area (Å²) in [5, 5.41) is 10.2. The summed E-state index contributed by atoms with van der Waals surface area (Å²) in [5.41, 5.74) is -0.432. The van der Waals surface area contributed by atoms with Crippen LogP contribution < -0.4 is 4.74 Å². The van der Waals surface area contributed by atoms with Crippen molar-refractivity contribution in [3.8, 4) is 5.75 Å². The molecule has 3 aliphatic rings. The minimum absolute atomic E-state index is 0.225. The molecule has 1 unspecified atom stereocenters. The standard InChI is InChI=1S/C21H29NO4/c1-19(24)12-20(26-15-19)13-22(14-20)18(23)21(10-4-3-5-11-21)16-6-8-17(25-2)9-7-16/h6-9,24H,3-5,10-15H2,1-2H3. The molecule has 1 N–H and O–H groups in total. The van der Waals surface area contributed by atoms with Crippen LogP contribution in [-0.2, 0) is 14.9 Å². The van der Waals surface area contributed by atoms with E-state index in [1.807, 2.05) is 24.0 Å². The molecule has 2 saturated heterocycles. The summed E-state index contributed by atoms with van der Waals surface area (Å²) in [5.74, 6) is 1.04. The predicted octanol–water partition coefficient (Wildman–Crippen LogP) is 2.65. The molecule has 1 aromatic rings. The lowest BCUT2D eigenvalue weighted by Gasteiger charge is -2.51. The zero-order valence-corrected chi connectivity index (χ0v) is 15.8. The summed E-state index contributed by atoms with van der Waals surface area (Å²) in [7, 11) is 1.66. The van der Waals surface area contributed by atoms with Gasteiger partial charge in [-0.05, 0) is 37.5 Å². The van der Waals surface area contributed by atoms with Crippen LogP contribution in [0.25, 0.3) is 0 Å². The van der Waals surface area contributed by atoms with E-state index < -0.39 is 11.0 Å². The first-order valence-corrected chi connectivity index (χ1v) is 9.69.